The molecule has 0 aliphatic carbocycles. The molecule has 0 aromatic carbocycles. The van der Waals surface area contributed by atoms with E-state index in [1.54, 1.807) is 8.61 Å². The Bertz CT molecular complexity index is 532. The highest BCUT2D eigenvalue weighted by atomic mass is 32.2. The third kappa shape index (κ3) is 4.93. The van der Waals surface area contributed by atoms with Crippen LogP contribution < -0.4 is 5.32 Å². The highest BCUT2D eigenvalue weighted by Crippen LogP contribution is 2.19. The lowest BCUT2D eigenvalue weighted by molar-refractivity contribution is -0.132. The molecule has 8 heteroatoms. The third-order valence-electron chi connectivity index (χ3n) is 5.74. The fourth-order valence-corrected chi connectivity index (χ4v) is 5.72. The SMILES string of the molecule is O=C(CCC1CCNC1)N1CCN(S(=O)(=O)N2CCCCCC2)CC1. The molecule has 0 bridgehead atoms. The van der Waals surface area contributed by atoms with Gasteiger partial charge in [-0.3, -0.25) is 4.79 Å². The van der Waals surface area contributed by atoms with Gasteiger partial charge in [0.25, 0.3) is 10.2 Å². The predicted octanol–water partition coefficient (Wildman–Crippen LogP) is 0.641. The normalized spacial score (nSPS) is 27.4. The van der Waals surface area contributed by atoms with E-state index in [0.717, 1.165) is 51.6 Å². The number of carbonyl (C=O) groups is 1. The minimum Gasteiger partial charge on any atom is -0.340 e. The van der Waals surface area contributed by atoms with Crippen LogP contribution in [0.25, 0.3) is 0 Å². The molecule has 1 atom stereocenters. The molecule has 3 rings (SSSR count). The highest BCUT2D eigenvalue weighted by Gasteiger charge is 2.33. The van der Waals surface area contributed by atoms with Crippen LogP contribution in [-0.2, 0) is 15.0 Å². The lowest BCUT2D eigenvalue weighted by Crippen LogP contribution is -2.54. The monoisotopic (exact) mass is 372 g/mol. The average molecular weight is 373 g/mol. The van der Waals surface area contributed by atoms with Crippen LogP contribution in [0, 0.1) is 5.92 Å². The first kappa shape index (κ1) is 19.1. The van der Waals surface area contributed by atoms with Crippen LogP contribution in [0.5, 0.6) is 0 Å². The van der Waals surface area contributed by atoms with Crippen molar-refractivity contribution >= 4 is 16.1 Å². The lowest BCUT2D eigenvalue weighted by Gasteiger charge is -2.36. The van der Waals surface area contributed by atoms with E-state index < -0.39 is 10.2 Å². The van der Waals surface area contributed by atoms with Crippen LogP contribution in [0.4, 0.5) is 0 Å². The van der Waals surface area contributed by atoms with Crippen molar-refractivity contribution in [2.75, 3.05) is 52.4 Å². The van der Waals surface area contributed by atoms with Crippen LogP contribution in [0.2, 0.25) is 0 Å². The standard InChI is InChI=1S/C17H32N4O3S/c22-17(6-5-16-7-8-18-15-16)19-11-13-21(14-12-19)25(23,24)20-9-3-1-2-4-10-20/h16,18H,1-15H2. The number of hydrogen-bond acceptors (Lipinski definition) is 4. The molecule has 3 saturated heterocycles. The van der Waals surface area contributed by atoms with Crippen LogP contribution in [0.1, 0.15) is 44.9 Å². The first-order valence-electron chi connectivity index (χ1n) is 9.81. The Labute approximate surface area is 151 Å². The van der Waals surface area contributed by atoms with Gasteiger partial charge in [-0.2, -0.15) is 17.0 Å². The quantitative estimate of drug-likeness (QED) is 0.769. The maximum absolute atomic E-state index is 12.8. The van der Waals surface area contributed by atoms with Crippen LogP contribution >= 0.6 is 0 Å². The van der Waals surface area contributed by atoms with Gasteiger partial charge in [-0.05, 0) is 44.7 Å². The second kappa shape index (κ2) is 8.79. The van der Waals surface area contributed by atoms with E-state index in [4.69, 9.17) is 0 Å². The molecule has 0 saturated carbocycles. The molecule has 3 aliphatic rings. The van der Waals surface area contributed by atoms with Gasteiger partial charge in [0.2, 0.25) is 5.91 Å². The van der Waals surface area contributed by atoms with Gasteiger partial charge in [-0.25, -0.2) is 0 Å². The van der Waals surface area contributed by atoms with Crippen molar-refractivity contribution in [3.05, 3.63) is 0 Å². The molecule has 1 unspecified atom stereocenters. The Morgan fingerprint density at radius 1 is 0.920 bits per heavy atom. The van der Waals surface area contributed by atoms with Crippen molar-refractivity contribution in [1.82, 2.24) is 18.8 Å². The second-order valence-corrected chi connectivity index (χ2v) is 9.43. The Kier molecular flexibility index (Phi) is 6.71. The van der Waals surface area contributed by atoms with Crippen molar-refractivity contribution < 1.29 is 13.2 Å². The first-order chi connectivity index (χ1) is 12.1. The topological polar surface area (TPSA) is 73.0 Å². The van der Waals surface area contributed by atoms with E-state index in [2.05, 4.69) is 5.32 Å². The van der Waals surface area contributed by atoms with Crippen molar-refractivity contribution in [3.8, 4) is 0 Å². The van der Waals surface area contributed by atoms with E-state index in [1.165, 1.54) is 0 Å². The zero-order valence-corrected chi connectivity index (χ0v) is 16.0. The summed E-state index contributed by atoms with van der Waals surface area (Å²) in [5.41, 5.74) is 0. The van der Waals surface area contributed by atoms with Crippen molar-refractivity contribution in [2.24, 2.45) is 5.92 Å². The van der Waals surface area contributed by atoms with E-state index >= 15 is 0 Å². The summed E-state index contributed by atoms with van der Waals surface area (Å²) in [5.74, 6) is 0.798. The van der Waals surface area contributed by atoms with E-state index in [0.29, 0.717) is 51.6 Å². The maximum atomic E-state index is 12.8. The number of nitrogens with zero attached hydrogens (tertiary/aromatic N) is 3. The number of hydrogen-bond donors (Lipinski definition) is 1. The first-order valence-corrected chi connectivity index (χ1v) is 11.2. The molecule has 0 radical (unpaired) electrons. The Morgan fingerprint density at radius 3 is 2.16 bits per heavy atom. The summed E-state index contributed by atoms with van der Waals surface area (Å²) in [6, 6.07) is 0. The van der Waals surface area contributed by atoms with Gasteiger partial charge in [0.15, 0.2) is 0 Å². The molecule has 1 N–H and O–H groups in total. The zero-order chi connectivity index (χ0) is 17.7. The van der Waals surface area contributed by atoms with Gasteiger partial charge in [-0.1, -0.05) is 12.8 Å². The number of nitrogens with one attached hydrogen (secondary N) is 1. The summed E-state index contributed by atoms with van der Waals surface area (Å²) in [4.78, 5) is 14.2. The Hall–Kier alpha value is -0.700. The molecular formula is C17H32N4O3S. The summed E-state index contributed by atoms with van der Waals surface area (Å²) in [6.07, 6.45) is 6.83. The molecule has 3 heterocycles. The molecule has 25 heavy (non-hydrogen) atoms. The van der Waals surface area contributed by atoms with Crippen molar-refractivity contribution in [2.45, 2.75) is 44.9 Å². The molecule has 1 amide bonds. The van der Waals surface area contributed by atoms with Gasteiger partial charge in [-0.15, -0.1) is 0 Å². The molecule has 7 nitrogen and oxygen atoms in total. The van der Waals surface area contributed by atoms with Crippen molar-refractivity contribution in [1.29, 1.82) is 0 Å². The average Bonchev–Trinajstić information content (AvgIpc) is 2.99. The lowest BCUT2D eigenvalue weighted by atomic mass is 10.0. The third-order valence-corrected chi connectivity index (χ3v) is 7.77. The number of rotatable bonds is 5. The van der Waals surface area contributed by atoms with Gasteiger partial charge in [0.05, 0.1) is 0 Å². The summed E-state index contributed by atoms with van der Waals surface area (Å²) < 4.78 is 28.8. The number of amides is 1. The Morgan fingerprint density at radius 2 is 1.56 bits per heavy atom. The molecule has 0 spiro atoms. The number of piperazine rings is 1. The second-order valence-electron chi connectivity index (χ2n) is 7.50. The highest BCUT2D eigenvalue weighted by molar-refractivity contribution is 7.86. The fraction of sp³-hybridized carbons (Fsp3) is 0.941. The summed E-state index contributed by atoms with van der Waals surface area (Å²) in [5, 5.41) is 3.33. The van der Waals surface area contributed by atoms with Gasteiger partial charge in [0.1, 0.15) is 0 Å². The van der Waals surface area contributed by atoms with Crippen LogP contribution in [0.15, 0.2) is 0 Å². The smallest absolute Gasteiger partial charge is 0.282 e. The number of carbonyl (C=O) groups excluding carboxylic acids is 1. The minimum absolute atomic E-state index is 0.179. The van der Waals surface area contributed by atoms with Gasteiger partial charge >= 0.3 is 0 Å². The summed E-state index contributed by atoms with van der Waals surface area (Å²) >= 11 is 0. The zero-order valence-electron chi connectivity index (χ0n) is 15.2. The maximum Gasteiger partial charge on any atom is 0.282 e. The fourth-order valence-electron chi connectivity index (χ4n) is 4.05. The molecular weight excluding hydrogens is 340 g/mol. The Balaban J connectivity index is 1.46. The van der Waals surface area contributed by atoms with Crippen molar-refractivity contribution in [3.63, 3.8) is 0 Å². The molecule has 3 fully saturated rings. The summed E-state index contributed by atoms with van der Waals surface area (Å²) in [7, 11) is -3.36. The van der Waals surface area contributed by atoms with Gasteiger partial charge < -0.3 is 10.2 Å². The summed E-state index contributed by atoms with van der Waals surface area (Å²) in [6.45, 7) is 5.25. The predicted molar refractivity (Wildman–Crippen MR) is 97.3 cm³/mol. The molecule has 0 aromatic rings. The largest absolute Gasteiger partial charge is 0.340 e. The molecule has 0 aromatic heterocycles. The van der Waals surface area contributed by atoms with Crippen LogP contribution in [-0.4, -0.2) is 80.2 Å². The van der Waals surface area contributed by atoms with Crippen LogP contribution in [0.3, 0.4) is 0 Å². The van der Waals surface area contributed by atoms with E-state index in [9.17, 15) is 13.2 Å². The minimum atomic E-state index is -3.36. The molecule has 3 aliphatic heterocycles. The van der Waals surface area contributed by atoms with Gasteiger partial charge in [0, 0.05) is 45.7 Å². The molecule has 144 valence electrons. The van der Waals surface area contributed by atoms with E-state index in [-0.39, 0.29) is 5.91 Å². The van der Waals surface area contributed by atoms with E-state index in [1.807, 2.05) is 4.90 Å².